The molecule has 0 fully saturated rings. The highest BCUT2D eigenvalue weighted by Gasteiger charge is 2.19. The van der Waals surface area contributed by atoms with Gasteiger partial charge >= 0.3 is 5.97 Å². The summed E-state index contributed by atoms with van der Waals surface area (Å²) in [5.41, 5.74) is 0.240. The number of carboxylic acid groups (broad SMARTS) is 1. The first-order chi connectivity index (χ1) is 9.54. The molecule has 1 heterocycles. The Balaban J connectivity index is 2.35. The van der Waals surface area contributed by atoms with Gasteiger partial charge in [-0.25, -0.2) is 4.79 Å². The molecule has 0 radical (unpaired) electrons. The molecule has 0 aliphatic carbocycles. The number of thiophene rings is 1. The monoisotopic (exact) mass is 355 g/mol. The van der Waals surface area contributed by atoms with Crippen molar-refractivity contribution < 1.29 is 19.4 Å². The SMILES string of the molecule is COc1ccsc1C(=O)Nc1c(Br)cccc1C(=O)O. The van der Waals surface area contributed by atoms with Crippen LogP contribution in [0.3, 0.4) is 0 Å². The van der Waals surface area contributed by atoms with E-state index in [0.29, 0.717) is 15.1 Å². The minimum atomic E-state index is -1.11. The van der Waals surface area contributed by atoms with Crippen LogP contribution in [-0.2, 0) is 0 Å². The van der Waals surface area contributed by atoms with Gasteiger partial charge in [0.05, 0.1) is 18.4 Å². The Morgan fingerprint density at radius 2 is 2.10 bits per heavy atom. The third-order valence-corrected chi connectivity index (χ3v) is 4.09. The van der Waals surface area contributed by atoms with E-state index < -0.39 is 11.9 Å². The standard InChI is InChI=1S/C13H10BrNO4S/c1-19-9-5-6-20-11(9)12(16)15-10-7(13(17)18)3-2-4-8(10)14/h2-6H,1H3,(H,15,16)(H,17,18). The molecule has 0 saturated heterocycles. The lowest BCUT2D eigenvalue weighted by molar-refractivity contribution is 0.0698. The van der Waals surface area contributed by atoms with Crippen LogP contribution in [0.5, 0.6) is 5.75 Å². The molecule has 0 unspecified atom stereocenters. The number of carbonyl (C=O) groups excluding carboxylic acids is 1. The molecule has 0 aliphatic heterocycles. The summed E-state index contributed by atoms with van der Waals surface area (Å²) < 4.78 is 5.57. The van der Waals surface area contributed by atoms with E-state index in [1.54, 1.807) is 23.6 Å². The molecule has 0 spiro atoms. The zero-order valence-corrected chi connectivity index (χ0v) is 12.7. The highest BCUT2D eigenvalue weighted by molar-refractivity contribution is 9.10. The fraction of sp³-hybridized carbons (Fsp3) is 0.0769. The number of carboxylic acids is 1. The van der Waals surface area contributed by atoms with Gasteiger partial charge in [-0.15, -0.1) is 11.3 Å². The topological polar surface area (TPSA) is 75.6 Å². The summed E-state index contributed by atoms with van der Waals surface area (Å²) >= 11 is 4.46. The molecule has 1 aromatic carbocycles. The van der Waals surface area contributed by atoms with Crippen LogP contribution in [0.1, 0.15) is 20.0 Å². The molecule has 104 valence electrons. The number of nitrogens with one attached hydrogen (secondary N) is 1. The van der Waals surface area contributed by atoms with Crippen LogP contribution in [0.15, 0.2) is 34.1 Å². The number of carbonyl (C=O) groups is 2. The number of methoxy groups -OCH3 is 1. The predicted octanol–water partition coefficient (Wildman–Crippen LogP) is 3.47. The molecule has 2 aromatic rings. The number of hydrogen-bond donors (Lipinski definition) is 2. The number of para-hydroxylation sites is 1. The van der Waals surface area contributed by atoms with E-state index in [1.807, 2.05) is 0 Å². The molecule has 1 amide bonds. The first-order valence-corrected chi connectivity index (χ1v) is 7.16. The van der Waals surface area contributed by atoms with Crippen molar-refractivity contribution in [3.05, 3.63) is 44.6 Å². The first-order valence-electron chi connectivity index (χ1n) is 5.49. The molecule has 1 aromatic heterocycles. The predicted molar refractivity (Wildman–Crippen MR) is 79.9 cm³/mol. The number of halogens is 1. The van der Waals surface area contributed by atoms with Gasteiger partial charge in [-0.2, -0.15) is 0 Å². The minimum absolute atomic E-state index is 0.0169. The zero-order chi connectivity index (χ0) is 14.7. The van der Waals surface area contributed by atoms with Crippen molar-refractivity contribution in [2.45, 2.75) is 0 Å². The largest absolute Gasteiger partial charge is 0.495 e. The number of amides is 1. The van der Waals surface area contributed by atoms with Crippen molar-refractivity contribution >= 4 is 44.8 Å². The number of anilines is 1. The summed E-state index contributed by atoms with van der Waals surface area (Å²) in [4.78, 5) is 23.7. The number of ether oxygens (including phenoxy) is 1. The van der Waals surface area contributed by atoms with Crippen LogP contribution in [0.25, 0.3) is 0 Å². The first kappa shape index (κ1) is 14.5. The van der Waals surface area contributed by atoms with Gasteiger partial charge in [0.25, 0.3) is 5.91 Å². The van der Waals surface area contributed by atoms with Crippen molar-refractivity contribution in [1.82, 2.24) is 0 Å². The van der Waals surface area contributed by atoms with Crippen LogP contribution < -0.4 is 10.1 Å². The summed E-state index contributed by atoms with van der Waals surface area (Å²) in [6.45, 7) is 0. The van der Waals surface area contributed by atoms with E-state index in [0.717, 1.165) is 0 Å². The lowest BCUT2D eigenvalue weighted by Crippen LogP contribution is -2.14. The molecular formula is C13H10BrNO4S. The van der Waals surface area contributed by atoms with Crippen molar-refractivity contribution in [3.63, 3.8) is 0 Å². The van der Waals surface area contributed by atoms with Gasteiger partial charge in [0.2, 0.25) is 0 Å². The zero-order valence-electron chi connectivity index (χ0n) is 10.3. The highest BCUT2D eigenvalue weighted by atomic mass is 79.9. The fourth-order valence-electron chi connectivity index (χ4n) is 1.62. The molecular weight excluding hydrogens is 346 g/mol. The molecule has 7 heteroatoms. The maximum Gasteiger partial charge on any atom is 0.337 e. The second-order valence-corrected chi connectivity index (χ2v) is 5.51. The summed E-state index contributed by atoms with van der Waals surface area (Å²) in [5, 5.41) is 13.5. The minimum Gasteiger partial charge on any atom is -0.495 e. The van der Waals surface area contributed by atoms with Gasteiger partial charge in [-0.1, -0.05) is 6.07 Å². The molecule has 2 N–H and O–H groups in total. The number of benzene rings is 1. The smallest absolute Gasteiger partial charge is 0.337 e. The molecule has 0 bridgehead atoms. The Kier molecular flexibility index (Phi) is 4.41. The Labute approximate surface area is 127 Å². The van der Waals surface area contributed by atoms with Gasteiger partial charge in [-0.3, -0.25) is 4.79 Å². The fourth-order valence-corrected chi connectivity index (χ4v) is 2.84. The average Bonchev–Trinajstić information content (AvgIpc) is 2.89. The molecule has 0 atom stereocenters. The van der Waals surface area contributed by atoms with Crippen LogP contribution in [0.2, 0.25) is 0 Å². The van der Waals surface area contributed by atoms with E-state index in [1.165, 1.54) is 24.5 Å². The van der Waals surface area contributed by atoms with E-state index in [4.69, 9.17) is 9.84 Å². The normalized spacial score (nSPS) is 10.1. The Hall–Kier alpha value is -1.86. The molecule has 0 aliphatic rings. The van der Waals surface area contributed by atoms with Crippen LogP contribution in [0.4, 0.5) is 5.69 Å². The van der Waals surface area contributed by atoms with Crippen molar-refractivity contribution in [2.24, 2.45) is 0 Å². The summed E-state index contributed by atoms with van der Waals surface area (Å²) in [6, 6.07) is 6.36. The van der Waals surface area contributed by atoms with Crippen molar-refractivity contribution in [2.75, 3.05) is 12.4 Å². The second kappa shape index (κ2) is 6.06. The molecule has 20 heavy (non-hydrogen) atoms. The van der Waals surface area contributed by atoms with Gasteiger partial charge in [0.1, 0.15) is 10.6 Å². The maximum absolute atomic E-state index is 12.2. The van der Waals surface area contributed by atoms with Gasteiger partial charge in [0.15, 0.2) is 0 Å². The summed E-state index contributed by atoms with van der Waals surface area (Å²) in [5.74, 6) is -1.07. The number of hydrogen-bond acceptors (Lipinski definition) is 4. The molecule has 2 rings (SSSR count). The van der Waals surface area contributed by atoms with Gasteiger partial charge in [0, 0.05) is 4.47 Å². The van der Waals surface area contributed by atoms with E-state index in [9.17, 15) is 9.59 Å². The number of rotatable bonds is 4. The molecule has 5 nitrogen and oxygen atoms in total. The quantitative estimate of drug-likeness (QED) is 0.880. The summed E-state index contributed by atoms with van der Waals surface area (Å²) in [7, 11) is 1.47. The summed E-state index contributed by atoms with van der Waals surface area (Å²) in [6.07, 6.45) is 0. The van der Waals surface area contributed by atoms with Crippen LogP contribution in [-0.4, -0.2) is 24.1 Å². The van der Waals surface area contributed by atoms with E-state index in [2.05, 4.69) is 21.2 Å². The second-order valence-electron chi connectivity index (χ2n) is 3.74. The lowest BCUT2D eigenvalue weighted by atomic mass is 10.2. The van der Waals surface area contributed by atoms with E-state index >= 15 is 0 Å². The average molecular weight is 356 g/mol. The van der Waals surface area contributed by atoms with Crippen LogP contribution in [0, 0.1) is 0 Å². The van der Waals surface area contributed by atoms with E-state index in [-0.39, 0.29) is 11.3 Å². The Morgan fingerprint density at radius 3 is 2.75 bits per heavy atom. The van der Waals surface area contributed by atoms with Gasteiger partial charge < -0.3 is 15.2 Å². The van der Waals surface area contributed by atoms with Crippen molar-refractivity contribution in [1.29, 1.82) is 0 Å². The maximum atomic E-state index is 12.2. The highest BCUT2D eigenvalue weighted by Crippen LogP contribution is 2.30. The third kappa shape index (κ3) is 2.83. The third-order valence-electron chi connectivity index (χ3n) is 2.54. The Bertz CT molecular complexity index is 668. The number of aromatic carboxylic acids is 1. The van der Waals surface area contributed by atoms with Crippen LogP contribution >= 0.6 is 27.3 Å². The van der Waals surface area contributed by atoms with Crippen molar-refractivity contribution in [3.8, 4) is 5.75 Å². The van der Waals surface area contributed by atoms with Gasteiger partial charge in [-0.05, 0) is 39.5 Å². The molecule has 0 saturated carbocycles. The lowest BCUT2D eigenvalue weighted by Gasteiger charge is -2.10. The Morgan fingerprint density at radius 1 is 1.35 bits per heavy atom.